The van der Waals surface area contributed by atoms with Gasteiger partial charge in [-0.3, -0.25) is 14.6 Å². The summed E-state index contributed by atoms with van der Waals surface area (Å²) in [5.74, 6) is -0.764. The smallest absolute Gasteiger partial charge is 0.378 e. The highest BCUT2D eigenvalue weighted by Crippen LogP contribution is 2.27. The Morgan fingerprint density at radius 1 is 1.36 bits per heavy atom. The van der Waals surface area contributed by atoms with Gasteiger partial charge in [0.1, 0.15) is 11.3 Å². The molecule has 0 saturated carbocycles. The number of H-pyrrole nitrogens is 1. The lowest BCUT2D eigenvalue weighted by molar-refractivity contribution is -0.141. The maximum atomic E-state index is 12.7. The number of hydrogen-bond acceptors (Lipinski definition) is 4. The van der Waals surface area contributed by atoms with Crippen LogP contribution >= 0.6 is 0 Å². The first-order valence-electron chi connectivity index (χ1n) is 8.89. The van der Waals surface area contributed by atoms with Gasteiger partial charge in [0.25, 0.3) is 11.5 Å². The molecule has 0 bridgehead atoms. The first-order chi connectivity index (χ1) is 13.2. The lowest BCUT2D eigenvalue weighted by atomic mass is 10.0. The molecule has 6 nitrogen and oxygen atoms in total. The van der Waals surface area contributed by atoms with Crippen molar-refractivity contribution < 1.29 is 22.7 Å². The van der Waals surface area contributed by atoms with Crippen molar-refractivity contribution in [1.29, 1.82) is 0 Å². The molecule has 150 valence electrons. The fraction of sp³-hybridized carbons (Fsp3) is 0.421. The lowest BCUT2D eigenvalue weighted by Crippen LogP contribution is -2.35. The summed E-state index contributed by atoms with van der Waals surface area (Å²) >= 11 is 0. The fourth-order valence-corrected chi connectivity index (χ4v) is 3.09. The molecule has 3 heterocycles. The van der Waals surface area contributed by atoms with Gasteiger partial charge in [-0.1, -0.05) is 6.07 Å². The Kier molecular flexibility index (Phi) is 5.83. The fourth-order valence-electron chi connectivity index (χ4n) is 3.09. The maximum absolute atomic E-state index is 12.7. The molecule has 2 atom stereocenters. The molecular formula is C19H20F3N3O3. The molecule has 2 aromatic rings. The first-order valence-corrected chi connectivity index (χ1v) is 8.89. The van der Waals surface area contributed by atoms with Crippen LogP contribution in [0.3, 0.4) is 0 Å². The van der Waals surface area contributed by atoms with Crippen LogP contribution in [0.25, 0.3) is 0 Å². The van der Waals surface area contributed by atoms with Crippen LogP contribution in [0.4, 0.5) is 13.2 Å². The number of aromatic nitrogens is 2. The summed E-state index contributed by atoms with van der Waals surface area (Å²) < 4.78 is 43.7. The van der Waals surface area contributed by atoms with Crippen LogP contribution in [0.1, 0.15) is 52.6 Å². The van der Waals surface area contributed by atoms with Gasteiger partial charge in [-0.05, 0) is 49.9 Å². The van der Waals surface area contributed by atoms with E-state index in [4.69, 9.17) is 4.74 Å². The van der Waals surface area contributed by atoms with Crippen molar-refractivity contribution in [1.82, 2.24) is 15.3 Å². The minimum atomic E-state index is -4.69. The van der Waals surface area contributed by atoms with Crippen LogP contribution in [0.2, 0.25) is 0 Å². The third kappa shape index (κ3) is 4.78. The van der Waals surface area contributed by atoms with Gasteiger partial charge in [-0.15, -0.1) is 0 Å². The Labute approximate surface area is 159 Å². The molecule has 1 amide bonds. The zero-order valence-electron chi connectivity index (χ0n) is 15.2. The number of aromatic amines is 1. The van der Waals surface area contributed by atoms with Gasteiger partial charge in [-0.2, -0.15) is 13.2 Å². The summed E-state index contributed by atoms with van der Waals surface area (Å²) in [6.45, 7) is 2.53. The number of halogens is 3. The molecule has 2 unspecified atom stereocenters. The van der Waals surface area contributed by atoms with Crippen LogP contribution < -0.4 is 10.9 Å². The molecule has 0 radical (unpaired) electrons. The van der Waals surface area contributed by atoms with Crippen molar-refractivity contribution in [2.75, 3.05) is 6.61 Å². The SMILES string of the molecule is Cc1ccc(C(CC2CCCO2)NC(=O)c2ccc(C(F)(F)F)[nH]c2=O)nc1. The third-order valence-electron chi connectivity index (χ3n) is 4.58. The predicted octanol–water partition coefficient (Wildman–Crippen LogP) is 3.14. The monoisotopic (exact) mass is 395 g/mol. The zero-order valence-corrected chi connectivity index (χ0v) is 15.2. The number of alkyl halides is 3. The number of pyridine rings is 2. The van der Waals surface area contributed by atoms with E-state index >= 15 is 0 Å². The number of aryl methyl sites for hydroxylation is 1. The maximum Gasteiger partial charge on any atom is 0.431 e. The Morgan fingerprint density at radius 2 is 2.14 bits per heavy atom. The lowest BCUT2D eigenvalue weighted by Gasteiger charge is -2.21. The van der Waals surface area contributed by atoms with Crippen LogP contribution in [-0.4, -0.2) is 28.6 Å². The van der Waals surface area contributed by atoms with Gasteiger partial charge in [0.05, 0.1) is 17.8 Å². The number of amides is 1. The number of hydrogen-bond donors (Lipinski definition) is 2. The van der Waals surface area contributed by atoms with E-state index in [0.29, 0.717) is 24.8 Å². The Hall–Kier alpha value is -2.68. The molecule has 2 aromatic heterocycles. The molecule has 1 aliphatic heterocycles. The summed E-state index contributed by atoms with van der Waals surface area (Å²) in [5.41, 5.74) is -1.15. The summed E-state index contributed by atoms with van der Waals surface area (Å²) in [7, 11) is 0. The average molecular weight is 395 g/mol. The highest BCUT2D eigenvalue weighted by molar-refractivity contribution is 5.94. The van der Waals surface area contributed by atoms with E-state index in [-0.39, 0.29) is 6.10 Å². The Morgan fingerprint density at radius 3 is 2.71 bits per heavy atom. The van der Waals surface area contributed by atoms with E-state index in [1.165, 1.54) is 0 Å². The molecular weight excluding hydrogens is 375 g/mol. The highest BCUT2D eigenvalue weighted by atomic mass is 19.4. The molecule has 0 aromatic carbocycles. The van der Waals surface area contributed by atoms with Crippen molar-refractivity contribution in [3.63, 3.8) is 0 Å². The van der Waals surface area contributed by atoms with Crippen LogP contribution in [0.15, 0.2) is 35.3 Å². The number of nitrogens with zero attached hydrogens (tertiary/aromatic N) is 1. The summed E-state index contributed by atoms with van der Waals surface area (Å²) in [4.78, 5) is 30.6. The predicted molar refractivity (Wildman–Crippen MR) is 94.8 cm³/mol. The van der Waals surface area contributed by atoms with Crippen LogP contribution in [-0.2, 0) is 10.9 Å². The first kappa shape index (κ1) is 20.1. The summed E-state index contributed by atoms with van der Waals surface area (Å²) in [6.07, 6.45) is -0.860. The summed E-state index contributed by atoms with van der Waals surface area (Å²) in [5, 5.41) is 2.71. The minimum Gasteiger partial charge on any atom is -0.378 e. The Balaban J connectivity index is 1.82. The van der Waals surface area contributed by atoms with Gasteiger partial charge in [0.15, 0.2) is 0 Å². The van der Waals surface area contributed by atoms with E-state index in [1.54, 1.807) is 17.2 Å². The highest BCUT2D eigenvalue weighted by Gasteiger charge is 2.32. The van der Waals surface area contributed by atoms with E-state index < -0.39 is 34.9 Å². The largest absolute Gasteiger partial charge is 0.431 e. The second kappa shape index (κ2) is 8.14. The number of ether oxygens (including phenoxy) is 1. The van der Waals surface area contributed by atoms with E-state index in [0.717, 1.165) is 24.5 Å². The van der Waals surface area contributed by atoms with Crippen molar-refractivity contribution in [3.05, 3.63) is 63.3 Å². The summed E-state index contributed by atoms with van der Waals surface area (Å²) in [6, 6.07) is 4.64. The quantitative estimate of drug-likeness (QED) is 0.815. The van der Waals surface area contributed by atoms with Gasteiger partial charge < -0.3 is 15.0 Å². The van der Waals surface area contributed by atoms with Crippen molar-refractivity contribution in [2.45, 2.75) is 44.5 Å². The van der Waals surface area contributed by atoms with Crippen molar-refractivity contribution in [3.8, 4) is 0 Å². The normalized spacial score (nSPS) is 18.1. The van der Waals surface area contributed by atoms with E-state index in [1.807, 2.05) is 13.0 Å². The number of carbonyl (C=O) groups is 1. The molecule has 1 saturated heterocycles. The molecule has 0 aliphatic carbocycles. The molecule has 3 rings (SSSR count). The Bertz CT molecular complexity index is 888. The molecule has 9 heteroatoms. The number of rotatable bonds is 5. The molecule has 28 heavy (non-hydrogen) atoms. The van der Waals surface area contributed by atoms with Gasteiger partial charge in [0.2, 0.25) is 0 Å². The molecule has 0 spiro atoms. The van der Waals surface area contributed by atoms with Crippen LogP contribution in [0, 0.1) is 6.92 Å². The topological polar surface area (TPSA) is 84.1 Å². The zero-order chi connectivity index (χ0) is 20.3. The second-order valence-electron chi connectivity index (χ2n) is 6.77. The van der Waals surface area contributed by atoms with Gasteiger partial charge in [0, 0.05) is 12.8 Å². The van der Waals surface area contributed by atoms with Crippen molar-refractivity contribution in [2.24, 2.45) is 0 Å². The van der Waals surface area contributed by atoms with Gasteiger partial charge >= 0.3 is 6.18 Å². The number of carbonyl (C=O) groups excluding carboxylic acids is 1. The third-order valence-corrected chi connectivity index (χ3v) is 4.58. The molecule has 2 N–H and O–H groups in total. The number of nitrogens with one attached hydrogen (secondary N) is 2. The molecule has 1 fully saturated rings. The standard InChI is InChI=1S/C19H20F3N3O3/c1-11-4-6-14(23-10-11)15(9-12-3-2-8-28-12)24-17(26)13-5-7-16(19(20,21)22)25-18(13)27/h4-7,10,12,15H,2-3,8-9H2,1H3,(H,24,26)(H,25,27). The van der Waals surface area contributed by atoms with Crippen molar-refractivity contribution >= 4 is 5.91 Å². The second-order valence-corrected chi connectivity index (χ2v) is 6.77. The molecule has 1 aliphatic rings. The van der Waals surface area contributed by atoms with E-state index in [9.17, 15) is 22.8 Å². The van der Waals surface area contributed by atoms with E-state index in [2.05, 4.69) is 10.3 Å². The van der Waals surface area contributed by atoms with Crippen LogP contribution in [0.5, 0.6) is 0 Å². The average Bonchev–Trinajstić information content (AvgIpc) is 3.14. The van der Waals surface area contributed by atoms with Gasteiger partial charge in [-0.25, -0.2) is 0 Å². The minimum absolute atomic E-state index is 0.0562.